The fourth-order valence-electron chi connectivity index (χ4n) is 5.21. The smallest absolute Gasteiger partial charge is 0.410 e. The van der Waals surface area contributed by atoms with E-state index in [1.165, 1.54) is 11.3 Å². The number of esters is 2. The number of fused-ring (bicyclic) bond motifs is 2. The van der Waals surface area contributed by atoms with Gasteiger partial charge in [-0.15, -0.1) is 0 Å². The molecule has 6 heterocycles. The van der Waals surface area contributed by atoms with E-state index in [2.05, 4.69) is 30.2 Å². The maximum absolute atomic E-state index is 11.9. The van der Waals surface area contributed by atoms with Crippen LogP contribution >= 0.6 is 34.3 Å². The maximum atomic E-state index is 11.9. The largest absolute Gasteiger partial charge is 0.461 e. The third kappa shape index (κ3) is 11.6. The van der Waals surface area contributed by atoms with Gasteiger partial charge in [-0.25, -0.2) is 38.2 Å². The molecular weight excluding hydrogens is 724 g/mol. The lowest BCUT2D eigenvalue weighted by molar-refractivity contribution is 0.0511. The summed E-state index contributed by atoms with van der Waals surface area (Å²) in [6, 6.07) is 0. The first kappa shape index (κ1) is 39.9. The van der Waals surface area contributed by atoms with Crippen LogP contribution in [0, 0.1) is 0 Å². The second-order valence-electron chi connectivity index (χ2n) is 12.2. The Labute approximate surface area is 308 Å². The average molecular weight is 769 g/mol. The van der Waals surface area contributed by atoms with E-state index >= 15 is 0 Å². The molecule has 0 unspecified atom stereocenters. The number of imidazole rings is 2. The second kappa shape index (κ2) is 19.1. The number of amides is 1. The van der Waals surface area contributed by atoms with Crippen molar-refractivity contribution < 1.29 is 38.1 Å². The van der Waals surface area contributed by atoms with Crippen LogP contribution in [0.2, 0.25) is 0 Å². The molecule has 4 aromatic rings. The van der Waals surface area contributed by atoms with Crippen LogP contribution in [0.5, 0.6) is 0 Å². The number of hydrogen-bond acceptors (Lipinski definition) is 15. The highest BCUT2D eigenvalue weighted by molar-refractivity contribution is 7.17. The lowest BCUT2D eigenvalue weighted by Gasteiger charge is -2.30. The van der Waals surface area contributed by atoms with Gasteiger partial charge in [-0.05, 0) is 80.3 Å². The number of likely N-dealkylation sites (tertiary alicyclic amines) is 1. The monoisotopic (exact) mass is 768 g/mol. The van der Waals surface area contributed by atoms with Crippen molar-refractivity contribution in [3.05, 3.63) is 33.8 Å². The predicted octanol–water partition coefficient (Wildman–Crippen LogP) is 5.90. The zero-order valence-electron chi connectivity index (χ0n) is 29.6. The number of carbonyl (C=O) groups is 4. The molecule has 2 aliphatic heterocycles. The molecule has 2 aliphatic rings. The first-order valence-electron chi connectivity index (χ1n) is 17.0. The van der Waals surface area contributed by atoms with Gasteiger partial charge in [0, 0.05) is 36.5 Å². The molecule has 0 atom stereocenters. The number of halogens is 1. The number of carbonyl (C=O) groups excluding carboxylic acids is 4. The highest BCUT2D eigenvalue weighted by atomic mass is 35.5. The zero-order chi connectivity index (χ0) is 37.1. The standard InChI is InChI=1S/C16H22N4O4S.C12H16N4O2S.C4H7ClO2/c1-4-23-14(21)12-9-20-15(17-12)25-13(18-20)11-5-7-19(8-6-11)16(22)24-10(2)3;1-2-18-11(17)9-7-16-12(14-9)19-10(15-16)8-3-5-13-6-4-8;1-3(2)7-4(5)6/h9-11H,4-8H2,1-3H3;7-8,13H,2-6H2,1H3;3H,1-2H3. The Bertz CT molecular complexity index is 1690. The fraction of sp³-hybridized carbons (Fsp3) is 0.625. The van der Waals surface area contributed by atoms with Crippen LogP contribution in [-0.2, 0) is 18.9 Å². The zero-order valence-corrected chi connectivity index (χ0v) is 32.0. The molecule has 0 spiro atoms. The molecule has 0 saturated carbocycles. The van der Waals surface area contributed by atoms with Crippen molar-refractivity contribution in [2.75, 3.05) is 39.4 Å². The van der Waals surface area contributed by atoms with Gasteiger partial charge >= 0.3 is 23.5 Å². The third-order valence-corrected chi connectivity index (χ3v) is 9.80. The average Bonchev–Trinajstić information content (AvgIpc) is 3.85. The van der Waals surface area contributed by atoms with Crippen molar-refractivity contribution in [2.24, 2.45) is 0 Å². The Hall–Kier alpha value is -3.87. The summed E-state index contributed by atoms with van der Waals surface area (Å²) in [5, 5.41) is 14.5. The molecule has 1 N–H and O–H groups in total. The molecule has 4 aromatic heterocycles. The van der Waals surface area contributed by atoms with Crippen LogP contribution in [0.15, 0.2) is 12.4 Å². The minimum Gasteiger partial charge on any atom is -0.461 e. The summed E-state index contributed by atoms with van der Waals surface area (Å²) >= 11 is 7.86. The fourth-order valence-corrected chi connectivity index (χ4v) is 7.48. The van der Waals surface area contributed by atoms with Gasteiger partial charge in [0.15, 0.2) is 11.4 Å². The van der Waals surface area contributed by atoms with E-state index in [9.17, 15) is 19.2 Å². The van der Waals surface area contributed by atoms with Gasteiger partial charge in [-0.3, -0.25) is 0 Å². The van der Waals surface area contributed by atoms with E-state index < -0.39 is 11.4 Å². The molecular formula is C32H45ClN8O8S2. The molecule has 2 fully saturated rings. The molecule has 16 nitrogen and oxygen atoms in total. The minimum atomic E-state index is -0.741. The number of nitrogens with one attached hydrogen (secondary N) is 1. The first-order valence-corrected chi connectivity index (χ1v) is 19.0. The van der Waals surface area contributed by atoms with E-state index in [4.69, 9.17) is 25.8 Å². The van der Waals surface area contributed by atoms with E-state index in [1.807, 2.05) is 13.8 Å². The van der Waals surface area contributed by atoms with E-state index in [1.54, 1.807) is 65.4 Å². The quantitative estimate of drug-likeness (QED) is 0.127. The first-order chi connectivity index (χ1) is 24.4. The van der Waals surface area contributed by atoms with Crippen molar-refractivity contribution in [1.82, 2.24) is 39.4 Å². The van der Waals surface area contributed by atoms with Crippen molar-refractivity contribution in [1.29, 1.82) is 0 Å². The topological polar surface area (TPSA) is 181 Å². The molecule has 6 rings (SSSR count). The lowest BCUT2D eigenvalue weighted by atomic mass is 9.98. The number of hydrogen-bond donors (Lipinski definition) is 1. The Morgan fingerprint density at radius 1 is 0.784 bits per heavy atom. The van der Waals surface area contributed by atoms with Gasteiger partial charge in [0.25, 0.3) is 0 Å². The van der Waals surface area contributed by atoms with E-state index in [0.29, 0.717) is 48.8 Å². The molecule has 2 saturated heterocycles. The number of ether oxygens (including phenoxy) is 4. The summed E-state index contributed by atoms with van der Waals surface area (Å²) in [5.74, 6) is -0.0119. The van der Waals surface area contributed by atoms with Crippen LogP contribution in [-0.4, -0.2) is 109 Å². The Kier molecular flexibility index (Phi) is 14.9. The summed E-state index contributed by atoms with van der Waals surface area (Å²) in [7, 11) is 0. The van der Waals surface area contributed by atoms with Crippen LogP contribution in [0.25, 0.3) is 9.92 Å². The van der Waals surface area contributed by atoms with E-state index in [0.717, 1.165) is 53.7 Å². The van der Waals surface area contributed by atoms with Crippen LogP contribution in [0.4, 0.5) is 9.59 Å². The lowest BCUT2D eigenvalue weighted by Crippen LogP contribution is -2.39. The SMILES string of the molecule is CC(C)OC(=O)Cl.CCOC(=O)c1cn2nc(C3CCN(C(=O)OC(C)C)CC3)sc2n1.CCOC(=O)c1cn2nc(C3CCNCC3)sc2n1. The summed E-state index contributed by atoms with van der Waals surface area (Å²) in [6.07, 6.45) is 6.69. The predicted molar refractivity (Wildman–Crippen MR) is 191 cm³/mol. The molecule has 0 radical (unpaired) electrons. The van der Waals surface area contributed by atoms with E-state index in [-0.39, 0.29) is 30.0 Å². The maximum Gasteiger partial charge on any atom is 0.410 e. The van der Waals surface area contributed by atoms with Gasteiger partial charge in [0.1, 0.15) is 10.0 Å². The molecule has 1 amide bonds. The molecule has 51 heavy (non-hydrogen) atoms. The Balaban J connectivity index is 0.000000198. The highest BCUT2D eigenvalue weighted by Crippen LogP contribution is 2.32. The number of aromatic nitrogens is 6. The van der Waals surface area contributed by atoms with Crippen LogP contribution in [0.1, 0.15) is 110 Å². The summed E-state index contributed by atoms with van der Waals surface area (Å²) < 4.78 is 22.8. The van der Waals surface area contributed by atoms with Gasteiger partial charge in [0.2, 0.25) is 9.92 Å². The van der Waals surface area contributed by atoms with Gasteiger partial charge < -0.3 is 29.2 Å². The van der Waals surface area contributed by atoms with Crippen molar-refractivity contribution in [2.45, 2.75) is 91.3 Å². The minimum absolute atomic E-state index is 0.106. The highest BCUT2D eigenvalue weighted by Gasteiger charge is 2.28. The number of nitrogens with zero attached hydrogens (tertiary/aromatic N) is 7. The van der Waals surface area contributed by atoms with Crippen LogP contribution < -0.4 is 5.32 Å². The molecule has 0 aromatic carbocycles. The number of rotatable bonds is 8. The Morgan fingerprint density at radius 2 is 1.24 bits per heavy atom. The molecule has 0 bridgehead atoms. The van der Waals surface area contributed by atoms with Gasteiger partial charge in [-0.1, -0.05) is 22.7 Å². The van der Waals surface area contributed by atoms with Crippen molar-refractivity contribution in [3.63, 3.8) is 0 Å². The summed E-state index contributed by atoms with van der Waals surface area (Å²) in [6.45, 7) is 14.8. The normalized spacial score (nSPS) is 15.3. The third-order valence-electron chi connectivity index (χ3n) is 7.54. The molecule has 19 heteroatoms. The van der Waals surface area contributed by atoms with Crippen LogP contribution in [0.3, 0.4) is 0 Å². The Morgan fingerprint density at radius 3 is 1.61 bits per heavy atom. The van der Waals surface area contributed by atoms with Crippen molar-refractivity contribution >= 4 is 67.7 Å². The molecule has 280 valence electrons. The number of piperidine rings is 2. The summed E-state index contributed by atoms with van der Waals surface area (Å²) in [5.41, 5.74) is -0.133. The van der Waals surface area contributed by atoms with Gasteiger partial charge in [-0.2, -0.15) is 10.2 Å². The summed E-state index contributed by atoms with van der Waals surface area (Å²) in [4.78, 5) is 56.8. The molecule has 0 aliphatic carbocycles. The van der Waals surface area contributed by atoms with Crippen molar-refractivity contribution in [3.8, 4) is 0 Å². The second-order valence-corrected chi connectivity index (χ2v) is 14.4. The van der Waals surface area contributed by atoms with Gasteiger partial charge in [0.05, 0.1) is 37.8 Å².